The molecule has 0 radical (unpaired) electrons. The second kappa shape index (κ2) is 5.25. The van der Waals surface area contributed by atoms with Crippen molar-refractivity contribution in [1.82, 2.24) is 14.4 Å². The number of pyridine rings is 2. The Morgan fingerprint density at radius 2 is 1.87 bits per heavy atom. The summed E-state index contributed by atoms with van der Waals surface area (Å²) in [6, 6.07) is 16.0. The Labute approximate surface area is 134 Å². The van der Waals surface area contributed by atoms with Gasteiger partial charge in [0.2, 0.25) is 0 Å². The molecule has 4 heteroatoms. The van der Waals surface area contributed by atoms with Crippen LogP contribution in [0.15, 0.2) is 67.1 Å². The van der Waals surface area contributed by atoms with Gasteiger partial charge in [-0.1, -0.05) is 12.1 Å². The minimum Gasteiger partial charge on any atom is -0.399 e. The molecule has 0 aliphatic carbocycles. The molecular formula is C19H16N4. The van der Waals surface area contributed by atoms with Crippen LogP contribution in [0, 0.1) is 6.92 Å². The van der Waals surface area contributed by atoms with Gasteiger partial charge in [0.1, 0.15) is 5.65 Å². The smallest absolute Gasteiger partial charge is 0.137 e. The second-order valence-electron chi connectivity index (χ2n) is 5.63. The highest BCUT2D eigenvalue weighted by molar-refractivity contribution is 5.70. The summed E-state index contributed by atoms with van der Waals surface area (Å²) in [6.07, 6.45) is 5.73. The van der Waals surface area contributed by atoms with Crippen LogP contribution in [-0.2, 0) is 0 Å². The maximum Gasteiger partial charge on any atom is 0.137 e. The van der Waals surface area contributed by atoms with E-state index in [0.717, 1.165) is 33.8 Å². The van der Waals surface area contributed by atoms with Gasteiger partial charge in [-0.3, -0.25) is 9.38 Å². The summed E-state index contributed by atoms with van der Waals surface area (Å²) < 4.78 is 2.06. The number of aryl methyl sites for hydroxylation is 1. The maximum absolute atomic E-state index is 5.89. The van der Waals surface area contributed by atoms with E-state index in [1.807, 2.05) is 48.9 Å². The Morgan fingerprint density at radius 1 is 0.957 bits per heavy atom. The molecule has 1 aromatic carbocycles. The largest absolute Gasteiger partial charge is 0.399 e. The number of nitrogen functional groups attached to an aromatic ring is 1. The molecule has 0 saturated carbocycles. The molecule has 0 unspecified atom stereocenters. The van der Waals surface area contributed by atoms with Crippen LogP contribution in [0.2, 0.25) is 0 Å². The summed E-state index contributed by atoms with van der Waals surface area (Å²) in [6.45, 7) is 2.07. The summed E-state index contributed by atoms with van der Waals surface area (Å²) in [5.74, 6) is 0. The Balaban J connectivity index is 1.83. The lowest BCUT2D eigenvalue weighted by molar-refractivity contribution is 1.18. The Morgan fingerprint density at radius 3 is 2.70 bits per heavy atom. The van der Waals surface area contributed by atoms with E-state index in [1.54, 1.807) is 0 Å². The standard InChI is InChI=1S/C19H16N4/c1-13-5-7-21-17(9-13)14-6-8-23-18(12-22-19(23)11-14)15-3-2-4-16(20)10-15/h2-12H,20H2,1H3. The van der Waals surface area contributed by atoms with Gasteiger partial charge in [0.25, 0.3) is 0 Å². The van der Waals surface area contributed by atoms with E-state index >= 15 is 0 Å². The first-order valence-electron chi connectivity index (χ1n) is 7.47. The minimum atomic E-state index is 0.748. The van der Waals surface area contributed by atoms with Gasteiger partial charge in [0, 0.05) is 29.2 Å². The van der Waals surface area contributed by atoms with Crippen LogP contribution >= 0.6 is 0 Å². The fraction of sp³-hybridized carbons (Fsp3) is 0.0526. The molecule has 0 spiro atoms. The lowest BCUT2D eigenvalue weighted by atomic mass is 10.1. The van der Waals surface area contributed by atoms with Crippen molar-refractivity contribution in [2.75, 3.05) is 5.73 Å². The van der Waals surface area contributed by atoms with Crippen molar-refractivity contribution < 1.29 is 0 Å². The topological polar surface area (TPSA) is 56.2 Å². The first kappa shape index (κ1) is 13.5. The average molecular weight is 300 g/mol. The monoisotopic (exact) mass is 300 g/mol. The summed E-state index contributed by atoms with van der Waals surface area (Å²) in [4.78, 5) is 8.97. The zero-order valence-electron chi connectivity index (χ0n) is 12.8. The minimum absolute atomic E-state index is 0.748. The van der Waals surface area contributed by atoms with E-state index in [-0.39, 0.29) is 0 Å². The Kier molecular flexibility index (Phi) is 3.08. The van der Waals surface area contributed by atoms with Crippen LogP contribution in [0.1, 0.15) is 5.56 Å². The number of aromatic nitrogens is 3. The van der Waals surface area contributed by atoms with Gasteiger partial charge in [-0.25, -0.2) is 4.98 Å². The first-order chi connectivity index (χ1) is 11.2. The molecule has 2 N–H and O–H groups in total. The molecule has 0 aliphatic heterocycles. The number of nitrogens with two attached hydrogens (primary N) is 1. The van der Waals surface area contributed by atoms with Crippen LogP contribution in [0.5, 0.6) is 0 Å². The normalized spacial score (nSPS) is 11.0. The van der Waals surface area contributed by atoms with E-state index in [0.29, 0.717) is 0 Å². The first-order valence-corrected chi connectivity index (χ1v) is 7.47. The third kappa shape index (κ3) is 2.44. The molecule has 23 heavy (non-hydrogen) atoms. The Bertz CT molecular complexity index is 1000. The fourth-order valence-corrected chi connectivity index (χ4v) is 2.75. The van der Waals surface area contributed by atoms with Crippen molar-refractivity contribution in [3.05, 3.63) is 72.7 Å². The number of benzene rings is 1. The van der Waals surface area contributed by atoms with E-state index in [9.17, 15) is 0 Å². The third-order valence-electron chi connectivity index (χ3n) is 3.91. The molecule has 0 aliphatic rings. The molecule has 112 valence electrons. The van der Waals surface area contributed by atoms with Gasteiger partial charge < -0.3 is 5.73 Å². The quantitative estimate of drug-likeness (QED) is 0.570. The molecule has 4 rings (SSSR count). The molecule has 0 atom stereocenters. The highest BCUT2D eigenvalue weighted by Crippen LogP contribution is 2.25. The van der Waals surface area contributed by atoms with Crippen LogP contribution in [0.25, 0.3) is 28.2 Å². The van der Waals surface area contributed by atoms with Crippen molar-refractivity contribution in [2.45, 2.75) is 6.92 Å². The van der Waals surface area contributed by atoms with Crippen LogP contribution < -0.4 is 5.73 Å². The van der Waals surface area contributed by atoms with E-state index in [2.05, 4.69) is 39.5 Å². The molecule has 3 heterocycles. The van der Waals surface area contributed by atoms with Gasteiger partial charge in [-0.15, -0.1) is 0 Å². The number of hydrogen-bond donors (Lipinski definition) is 1. The van der Waals surface area contributed by atoms with E-state index < -0.39 is 0 Å². The summed E-state index contributed by atoms with van der Waals surface area (Å²) in [5, 5.41) is 0. The second-order valence-corrected chi connectivity index (χ2v) is 5.63. The van der Waals surface area contributed by atoms with Gasteiger partial charge in [-0.05, 0) is 48.9 Å². The molecule has 3 aromatic heterocycles. The van der Waals surface area contributed by atoms with E-state index in [1.165, 1.54) is 5.56 Å². The average Bonchev–Trinajstić information content (AvgIpc) is 2.98. The summed E-state index contributed by atoms with van der Waals surface area (Å²) in [5.41, 5.74) is 12.8. The Hall–Kier alpha value is -3.14. The molecule has 0 amide bonds. The lowest BCUT2D eigenvalue weighted by Gasteiger charge is -2.05. The highest BCUT2D eigenvalue weighted by atomic mass is 15.0. The van der Waals surface area contributed by atoms with Crippen molar-refractivity contribution in [2.24, 2.45) is 0 Å². The van der Waals surface area contributed by atoms with Crippen LogP contribution in [0.4, 0.5) is 5.69 Å². The number of anilines is 1. The molecule has 0 saturated heterocycles. The third-order valence-corrected chi connectivity index (χ3v) is 3.91. The zero-order valence-corrected chi connectivity index (χ0v) is 12.8. The van der Waals surface area contributed by atoms with Crippen molar-refractivity contribution >= 4 is 11.3 Å². The maximum atomic E-state index is 5.89. The fourth-order valence-electron chi connectivity index (χ4n) is 2.75. The van der Waals surface area contributed by atoms with Gasteiger partial charge >= 0.3 is 0 Å². The van der Waals surface area contributed by atoms with E-state index in [4.69, 9.17) is 5.73 Å². The number of nitrogens with zero attached hydrogens (tertiary/aromatic N) is 3. The molecule has 4 nitrogen and oxygen atoms in total. The van der Waals surface area contributed by atoms with Crippen LogP contribution in [-0.4, -0.2) is 14.4 Å². The highest BCUT2D eigenvalue weighted by Gasteiger charge is 2.08. The number of hydrogen-bond acceptors (Lipinski definition) is 3. The zero-order chi connectivity index (χ0) is 15.8. The van der Waals surface area contributed by atoms with Crippen molar-refractivity contribution in [1.29, 1.82) is 0 Å². The van der Waals surface area contributed by atoms with Gasteiger partial charge in [0.15, 0.2) is 0 Å². The van der Waals surface area contributed by atoms with Crippen LogP contribution in [0.3, 0.4) is 0 Å². The van der Waals surface area contributed by atoms with Crippen molar-refractivity contribution in [3.8, 4) is 22.5 Å². The molecular weight excluding hydrogens is 284 g/mol. The predicted octanol–water partition coefficient (Wildman–Crippen LogP) is 3.95. The van der Waals surface area contributed by atoms with Gasteiger partial charge in [0.05, 0.1) is 17.6 Å². The number of imidazole rings is 1. The summed E-state index contributed by atoms with van der Waals surface area (Å²) in [7, 11) is 0. The molecule has 0 bridgehead atoms. The van der Waals surface area contributed by atoms with Gasteiger partial charge in [-0.2, -0.15) is 0 Å². The number of fused-ring (bicyclic) bond motifs is 1. The SMILES string of the molecule is Cc1ccnc(-c2ccn3c(-c4cccc(N)c4)cnc3c2)c1. The molecule has 0 fully saturated rings. The lowest BCUT2D eigenvalue weighted by Crippen LogP contribution is -1.91. The predicted molar refractivity (Wildman–Crippen MR) is 93.0 cm³/mol. The number of rotatable bonds is 2. The summed E-state index contributed by atoms with van der Waals surface area (Å²) >= 11 is 0. The van der Waals surface area contributed by atoms with Crippen molar-refractivity contribution in [3.63, 3.8) is 0 Å². The molecule has 4 aromatic rings.